The average molecular weight is 236 g/mol. The monoisotopic (exact) mass is 236 g/mol. The first-order valence-corrected chi connectivity index (χ1v) is 6.49. The molecule has 1 aromatic carbocycles. The summed E-state index contributed by atoms with van der Waals surface area (Å²) in [4.78, 5) is 2.17. The molecule has 1 aromatic rings. The van der Waals surface area contributed by atoms with Crippen molar-refractivity contribution in [1.82, 2.24) is 5.32 Å². The molecule has 0 aromatic heterocycles. The zero-order valence-corrected chi connectivity index (χ0v) is 10.5. The third-order valence-electron chi connectivity index (χ3n) is 3.37. The maximum Gasteiger partial charge on any atom is 0.146 e. The summed E-state index contributed by atoms with van der Waals surface area (Å²) in [5.74, 6) is -0.0690. The van der Waals surface area contributed by atoms with E-state index in [0.717, 1.165) is 37.3 Å². The third kappa shape index (κ3) is 3.19. The quantitative estimate of drug-likeness (QED) is 0.864. The van der Waals surface area contributed by atoms with E-state index in [1.807, 2.05) is 19.2 Å². The molecule has 2 rings (SSSR count). The van der Waals surface area contributed by atoms with Crippen molar-refractivity contribution in [3.05, 3.63) is 29.6 Å². The number of hydrogen-bond acceptors (Lipinski definition) is 2. The van der Waals surface area contributed by atoms with Gasteiger partial charge in [-0.25, -0.2) is 4.39 Å². The lowest BCUT2D eigenvalue weighted by molar-refractivity contribution is 0.556. The molecule has 1 heterocycles. The van der Waals surface area contributed by atoms with Gasteiger partial charge < -0.3 is 10.2 Å². The molecule has 1 aliphatic heterocycles. The van der Waals surface area contributed by atoms with Crippen molar-refractivity contribution in [2.45, 2.75) is 25.7 Å². The Bertz CT molecular complexity index is 359. The first-order chi connectivity index (χ1) is 8.31. The van der Waals surface area contributed by atoms with E-state index in [9.17, 15) is 4.39 Å². The molecule has 0 atom stereocenters. The Kier molecular flexibility index (Phi) is 4.37. The fraction of sp³-hybridized carbons (Fsp3) is 0.571. The highest BCUT2D eigenvalue weighted by molar-refractivity contribution is 5.49. The van der Waals surface area contributed by atoms with Gasteiger partial charge in [0, 0.05) is 13.1 Å². The van der Waals surface area contributed by atoms with Crippen LogP contribution in [0.25, 0.3) is 0 Å². The molecule has 0 unspecified atom stereocenters. The molecule has 0 spiro atoms. The molecule has 17 heavy (non-hydrogen) atoms. The van der Waals surface area contributed by atoms with Crippen LogP contribution in [0.1, 0.15) is 24.8 Å². The van der Waals surface area contributed by atoms with Gasteiger partial charge in [0.15, 0.2) is 0 Å². The smallest absolute Gasteiger partial charge is 0.146 e. The predicted octanol–water partition coefficient (Wildman–Crippen LogP) is 2.58. The summed E-state index contributed by atoms with van der Waals surface area (Å²) in [6.45, 7) is 2.88. The van der Waals surface area contributed by atoms with Crippen molar-refractivity contribution in [3.63, 3.8) is 0 Å². The van der Waals surface area contributed by atoms with Gasteiger partial charge in [-0.2, -0.15) is 0 Å². The molecule has 1 saturated heterocycles. The number of halogens is 1. The number of rotatable bonds is 4. The molecule has 0 saturated carbocycles. The molecule has 0 aliphatic carbocycles. The molecule has 1 fully saturated rings. The van der Waals surface area contributed by atoms with Crippen LogP contribution in [-0.2, 0) is 6.42 Å². The summed E-state index contributed by atoms with van der Waals surface area (Å²) in [6.07, 6.45) is 4.52. The van der Waals surface area contributed by atoms with Crippen LogP contribution in [0, 0.1) is 5.82 Å². The normalized spacial score (nSPS) is 16.2. The summed E-state index contributed by atoms with van der Waals surface area (Å²) in [6, 6.07) is 5.66. The summed E-state index contributed by atoms with van der Waals surface area (Å²) in [7, 11) is 1.92. The molecule has 1 aliphatic rings. The van der Waals surface area contributed by atoms with Gasteiger partial charge in [-0.05, 0) is 57.0 Å². The third-order valence-corrected chi connectivity index (χ3v) is 3.37. The number of likely N-dealkylation sites (N-methyl/N-ethyl adjacent to an activating group) is 1. The highest BCUT2D eigenvalue weighted by Crippen LogP contribution is 2.24. The van der Waals surface area contributed by atoms with Crippen LogP contribution in [-0.4, -0.2) is 26.7 Å². The van der Waals surface area contributed by atoms with E-state index in [2.05, 4.69) is 10.2 Å². The highest BCUT2D eigenvalue weighted by atomic mass is 19.1. The number of anilines is 1. The van der Waals surface area contributed by atoms with Gasteiger partial charge in [-0.1, -0.05) is 6.07 Å². The molecular formula is C14H21FN2. The zero-order valence-electron chi connectivity index (χ0n) is 10.5. The van der Waals surface area contributed by atoms with Crippen molar-refractivity contribution in [1.29, 1.82) is 0 Å². The van der Waals surface area contributed by atoms with Crippen molar-refractivity contribution in [2.75, 3.05) is 31.6 Å². The molecule has 2 nitrogen and oxygen atoms in total. The van der Waals surface area contributed by atoms with Crippen molar-refractivity contribution >= 4 is 5.69 Å². The number of hydrogen-bond donors (Lipinski definition) is 1. The summed E-state index contributed by atoms with van der Waals surface area (Å²) < 4.78 is 14.0. The predicted molar refractivity (Wildman–Crippen MR) is 70.1 cm³/mol. The van der Waals surface area contributed by atoms with E-state index in [-0.39, 0.29) is 5.82 Å². The fourth-order valence-electron chi connectivity index (χ4n) is 2.37. The van der Waals surface area contributed by atoms with Gasteiger partial charge in [0.05, 0.1) is 5.69 Å². The number of nitrogens with zero attached hydrogens (tertiary/aromatic N) is 1. The minimum atomic E-state index is -0.0690. The van der Waals surface area contributed by atoms with Gasteiger partial charge in [-0.15, -0.1) is 0 Å². The first-order valence-electron chi connectivity index (χ1n) is 6.49. The summed E-state index contributed by atoms with van der Waals surface area (Å²) in [5, 5.41) is 3.08. The highest BCUT2D eigenvalue weighted by Gasteiger charge is 2.14. The zero-order chi connectivity index (χ0) is 12.1. The van der Waals surface area contributed by atoms with E-state index >= 15 is 0 Å². The Morgan fingerprint density at radius 2 is 2.00 bits per heavy atom. The van der Waals surface area contributed by atoms with E-state index in [1.54, 1.807) is 6.07 Å². The lowest BCUT2D eigenvalue weighted by atomic mass is 10.1. The van der Waals surface area contributed by atoms with Gasteiger partial charge >= 0.3 is 0 Å². The van der Waals surface area contributed by atoms with Gasteiger partial charge in [0.1, 0.15) is 5.82 Å². The SMILES string of the molecule is CNCCc1ccc(N2CCCCC2)c(F)c1. The van der Waals surface area contributed by atoms with Crippen LogP contribution >= 0.6 is 0 Å². The lowest BCUT2D eigenvalue weighted by Gasteiger charge is -2.29. The molecule has 94 valence electrons. The van der Waals surface area contributed by atoms with Crippen LogP contribution in [0.5, 0.6) is 0 Å². The van der Waals surface area contributed by atoms with E-state index < -0.39 is 0 Å². The number of nitrogens with one attached hydrogen (secondary N) is 1. The second-order valence-corrected chi connectivity index (χ2v) is 4.69. The minimum absolute atomic E-state index is 0.0690. The van der Waals surface area contributed by atoms with Gasteiger partial charge in [0.25, 0.3) is 0 Å². The Balaban J connectivity index is 2.07. The summed E-state index contributed by atoms with van der Waals surface area (Å²) in [5.41, 5.74) is 1.84. The topological polar surface area (TPSA) is 15.3 Å². The molecule has 0 radical (unpaired) electrons. The Morgan fingerprint density at radius 3 is 2.65 bits per heavy atom. The second-order valence-electron chi connectivity index (χ2n) is 4.69. The molecular weight excluding hydrogens is 215 g/mol. The maximum absolute atomic E-state index is 14.0. The Morgan fingerprint density at radius 1 is 1.24 bits per heavy atom. The van der Waals surface area contributed by atoms with Crippen LogP contribution in [0.15, 0.2) is 18.2 Å². The average Bonchev–Trinajstić information content (AvgIpc) is 2.37. The van der Waals surface area contributed by atoms with Crippen molar-refractivity contribution < 1.29 is 4.39 Å². The van der Waals surface area contributed by atoms with E-state index in [4.69, 9.17) is 0 Å². The first kappa shape index (κ1) is 12.4. The Labute approximate surface area is 103 Å². The number of benzene rings is 1. The van der Waals surface area contributed by atoms with E-state index in [1.165, 1.54) is 19.3 Å². The second kappa shape index (κ2) is 6.01. The summed E-state index contributed by atoms with van der Waals surface area (Å²) >= 11 is 0. The molecule has 1 N–H and O–H groups in total. The number of piperidine rings is 1. The fourth-order valence-corrected chi connectivity index (χ4v) is 2.37. The minimum Gasteiger partial charge on any atom is -0.369 e. The largest absolute Gasteiger partial charge is 0.369 e. The molecule has 3 heteroatoms. The van der Waals surface area contributed by atoms with Crippen LogP contribution < -0.4 is 10.2 Å². The standard InChI is InChI=1S/C14H21FN2/c1-16-8-7-12-5-6-14(13(15)11-12)17-9-3-2-4-10-17/h5-6,11,16H,2-4,7-10H2,1H3. The van der Waals surface area contributed by atoms with E-state index in [0.29, 0.717) is 0 Å². The van der Waals surface area contributed by atoms with Crippen molar-refractivity contribution in [3.8, 4) is 0 Å². The Hall–Kier alpha value is -1.09. The van der Waals surface area contributed by atoms with Gasteiger partial charge in [0.2, 0.25) is 0 Å². The van der Waals surface area contributed by atoms with Gasteiger partial charge in [-0.3, -0.25) is 0 Å². The lowest BCUT2D eigenvalue weighted by Crippen LogP contribution is -2.30. The van der Waals surface area contributed by atoms with Crippen LogP contribution in [0.3, 0.4) is 0 Å². The molecule has 0 amide bonds. The molecule has 0 bridgehead atoms. The van der Waals surface area contributed by atoms with Crippen LogP contribution in [0.4, 0.5) is 10.1 Å². The van der Waals surface area contributed by atoms with Crippen molar-refractivity contribution in [2.24, 2.45) is 0 Å². The van der Waals surface area contributed by atoms with Crippen LogP contribution in [0.2, 0.25) is 0 Å². The maximum atomic E-state index is 14.0.